The molecule has 0 aliphatic carbocycles. The van der Waals surface area contributed by atoms with Crippen molar-refractivity contribution in [3.05, 3.63) is 29.8 Å². The third-order valence-electron chi connectivity index (χ3n) is 3.72. The van der Waals surface area contributed by atoms with Crippen LogP contribution in [0.4, 0.5) is 0 Å². The zero-order chi connectivity index (χ0) is 12.1. The van der Waals surface area contributed by atoms with Crippen LogP contribution in [0.5, 0.6) is 5.75 Å². The van der Waals surface area contributed by atoms with Crippen LogP contribution in [-0.4, -0.2) is 32.1 Å². The molecule has 1 aromatic rings. The number of nitrogens with zero attached hydrogens (tertiary/aromatic N) is 1. The minimum Gasteiger partial charge on any atom is -0.497 e. The molecule has 0 amide bonds. The number of methoxy groups -OCH3 is 1. The molecule has 0 bridgehead atoms. The number of ether oxygens (including phenoxy) is 1. The van der Waals surface area contributed by atoms with Gasteiger partial charge in [0.25, 0.3) is 0 Å². The Morgan fingerprint density at radius 1 is 1.29 bits per heavy atom. The van der Waals surface area contributed by atoms with E-state index >= 15 is 0 Å². The topological polar surface area (TPSA) is 12.5 Å². The number of hydrogen-bond acceptors (Lipinski definition) is 2. The van der Waals surface area contributed by atoms with Crippen LogP contribution in [0, 0.1) is 5.92 Å². The van der Waals surface area contributed by atoms with Crippen molar-refractivity contribution in [2.24, 2.45) is 5.92 Å². The molecule has 2 heteroatoms. The maximum absolute atomic E-state index is 5.17. The van der Waals surface area contributed by atoms with Crippen LogP contribution in [0.2, 0.25) is 0 Å². The summed E-state index contributed by atoms with van der Waals surface area (Å²) in [5.74, 6) is 1.84. The van der Waals surface area contributed by atoms with E-state index in [0.717, 1.165) is 11.7 Å². The van der Waals surface area contributed by atoms with Gasteiger partial charge in [-0.05, 0) is 62.9 Å². The molecule has 2 nitrogen and oxygen atoms in total. The molecule has 1 atom stereocenters. The first-order valence-corrected chi connectivity index (χ1v) is 6.59. The summed E-state index contributed by atoms with van der Waals surface area (Å²) in [6, 6.07) is 8.49. The van der Waals surface area contributed by atoms with Gasteiger partial charge in [-0.3, -0.25) is 0 Å². The molecule has 1 unspecified atom stereocenters. The average molecular weight is 233 g/mol. The Morgan fingerprint density at radius 3 is 2.71 bits per heavy atom. The van der Waals surface area contributed by atoms with E-state index in [1.54, 1.807) is 7.11 Å². The number of hydrogen-bond donors (Lipinski definition) is 0. The van der Waals surface area contributed by atoms with Gasteiger partial charge in [-0.2, -0.15) is 0 Å². The first kappa shape index (κ1) is 12.4. The lowest BCUT2D eigenvalue weighted by Crippen LogP contribution is -2.32. The maximum atomic E-state index is 5.17. The number of aryl methyl sites for hydroxylation is 1. The predicted octanol–water partition coefficient (Wildman–Crippen LogP) is 2.97. The number of rotatable bonds is 4. The Kier molecular flexibility index (Phi) is 4.43. The first-order valence-electron chi connectivity index (χ1n) is 6.59. The van der Waals surface area contributed by atoms with Gasteiger partial charge in [-0.25, -0.2) is 0 Å². The Bertz CT molecular complexity index is 333. The van der Waals surface area contributed by atoms with E-state index in [1.807, 2.05) is 0 Å². The molecular weight excluding hydrogens is 210 g/mol. The Balaban J connectivity index is 1.80. The van der Waals surface area contributed by atoms with Gasteiger partial charge in [-0.1, -0.05) is 12.1 Å². The van der Waals surface area contributed by atoms with E-state index in [4.69, 9.17) is 4.74 Å². The van der Waals surface area contributed by atoms with Crippen molar-refractivity contribution < 1.29 is 4.74 Å². The molecule has 0 radical (unpaired) electrons. The van der Waals surface area contributed by atoms with Crippen LogP contribution in [0.3, 0.4) is 0 Å². The minimum absolute atomic E-state index is 0.885. The third-order valence-corrected chi connectivity index (χ3v) is 3.72. The predicted molar refractivity (Wildman–Crippen MR) is 71.5 cm³/mol. The molecule has 0 spiro atoms. The van der Waals surface area contributed by atoms with E-state index < -0.39 is 0 Å². The van der Waals surface area contributed by atoms with Gasteiger partial charge in [0.2, 0.25) is 0 Å². The lowest BCUT2D eigenvalue weighted by Gasteiger charge is -2.29. The molecular formula is C15H23NO. The monoisotopic (exact) mass is 233 g/mol. The van der Waals surface area contributed by atoms with Gasteiger partial charge in [-0.15, -0.1) is 0 Å². The maximum Gasteiger partial charge on any atom is 0.118 e. The molecule has 1 aromatic carbocycles. The largest absolute Gasteiger partial charge is 0.497 e. The van der Waals surface area contributed by atoms with Crippen LogP contribution in [0.15, 0.2) is 24.3 Å². The van der Waals surface area contributed by atoms with Crippen molar-refractivity contribution in [2.75, 3.05) is 27.2 Å². The van der Waals surface area contributed by atoms with Gasteiger partial charge >= 0.3 is 0 Å². The number of likely N-dealkylation sites (tertiary alicyclic amines) is 1. The molecule has 1 aliphatic heterocycles. The van der Waals surface area contributed by atoms with Crippen molar-refractivity contribution in [3.8, 4) is 5.75 Å². The molecule has 1 aliphatic rings. The van der Waals surface area contributed by atoms with Gasteiger partial charge in [0.15, 0.2) is 0 Å². The second kappa shape index (κ2) is 6.06. The second-order valence-corrected chi connectivity index (χ2v) is 5.16. The smallest absolute Gasteiger partial charge is 0.118 e. The zero-order valence-electron chi connectivity index (χ0n) is 11.0. The summed E-state index contributed by atoms with van der Waals surface area (Å²) in [4.78, 5) is 2.46. The van der Waals surface area contributed by atoms with Crippen molar-refractivity contribution in [1.82, 2.24) is 4.90 Å². The lowest BCUT2D eigenvalue weighted by molar-refractivity contribution is 0.202. The fourth-order valence-electron chi connectivity index (χ4n) is 2.67. The molecule has 0 aromatic heterocycles. The Labute approximate surface area is 105 Å². The fraction of sp³-hybridized carbons (Fsp3) is 0.600. The van der Waals surface area contributed by atoms with Crippen LogP contribution >= 0.6 is 0 Å². The summed E-state index contributed by atoms with van der Waals surface area (Å²) in [6.45, 7) is 2.55. The van der Waals surface area contributed by atoms with Gasteiger partial charge in [0.05, 0.1) is 7.11 Å². The first-order chi connectivity index (χ1) is 8.28. The molecule has 0 saturated carbocycles. The Hall–Kier alpha value is -1.02. The SMILES string of the molecule is COc1ccc(CCC2CCCN(C)C2)cc1. The second-order valence-electron chi connectivity index (χ2n) is 5.16. The molecule has 17 heavy (non-hydrogen) atoms. The summed E-state index contributed by atoms with van der Waals surface area (Å²) in [7, 11) is 3.95. The molecule has 0 N–H and O–H groups in total. The fourth-order valence-corrected chi connectivity index (χ4v) is 2.67. The van der Waals surface area contributed by atoms with Gasteiger partial charge in [0, 0.05) is 6.54 Å². The highest BCUT2D eigenvalue weighted by Crippen LogP contribution is 2.21. The van der Waals surface area contributed by atoms with Gasteiger partial charge in [0.1, 0.15) is 5.75 Å². The van der Waals surface area contributed by atoms with Crippen molar-refractivity contribution in [2.45, 2.75) is 25.7 Å². The highest BCUT2D eigenvalue weighted by atomic mass is 16.5. The van der Waals surface area contributed by atoms with Gasteiger partial charge < -0.3 is 9.64 Å². The van der Waals surface area contributed by atoms with Crippen LogP contribution in [-0.2, 0) is 6.42 Å². The van der Waals surface area contributed by atoms with Crippen molar-refractivity contribution >= 4 is 0 Å². The van der Waals surface area contributed by atoms with Crippen molar-refractivity contribution in [3.63, 3.8) is 0 Å². The standard InChI is InChI=1S/C15H23NO/c1-16-11-3-4-14(12-16)6-5-13-7-9-15(17-2)10-8-13/h7-10,14H,3-6,11-12H2,1-2H3. The summed E-state index contributed by atoms with van der Waals surface area (Å²) in [5.41, 5.74) is 1.43. The molecule has 1 heterocycles. The summed E-state index contributed by atoms with van der Waals surface area (Å²) in [5, 5.41) is 0. The summed E-state index contributed by atoms with van der Waals surface area (Å²) < 4.78 is 5.17. The molecule has 94 valence electrons. The quantitative estimate of drug-likeness (QED) is 0.792. The Morgan fingerprint density at radius 2 is 2.06 bits per heavy atom. The normalized spacial score (nSPS) is 21.4. The summed E-state index contributed by atoms with van der Waals surface area (Å²) >= 11 is 0. The number of benzene rings is 1. The van der Waals surface area contributed by atoms with E-state index in [1.165, 1.54) is 44.3 Å². The van der Waals surface area contributed by atoms with Crippen LogP contribution < -0.4 is 4.74 Å². The lowest BCUT2D eigenvalue weighted by atomic mass is 9.92. The molecule has 2 rings (SSSR count). The van der Waals surface area contributed by atoms with Crippen molar-refractivity contribution in [1.29, 1.82) is 0 Å². The zero-order valence-corrected chi connectivity index (χ0v) is 11.0. The molecule has 1 fully saturated rings. The average Bonchev–Trinajstić information content (AvgIpc) is 2.37. The highest BCUT2D eigenvalue weighted by molar-refractivity contribution is 5.27. The van der Waals surface area contributed by atoms with E-state index in [2.05, 4.69) is 36.2 Å². The van der Waals surface area contributed by atoms with Crippen LogP contribution in [0.1, 0.15) is 24.8 Å². The number of piperidine rings is 1. The highest BCUT2D eigenvalue weighted by Gasteiger charge is 2.16. The van der Waals surface area contributed by atoms with E-state index in [0.29, 0.717) is 0 Å². The van der Waals surface area contributed by atoms with E-state index in [-0.39, 0.29) is 0 Å². The third kappa shape index (κ3) is 3.74. The summed E-state index contributed by atoms with van der Waals surface area (Å²) in [6.07, 6.45) is 5.28. The minimum atomic E-state index is 0.885. The van der Waals surface area contributed by atoms with E-state index in [9.17, 15) is 0 Å². The molecule has 1 saturated heterocycles. The van der Waals surface area contributed by atoms with Crippen LogP contribution in [0.25, 0.3) is 0 Å².